The smallest absolute Gasteiger partial charge is 0.251 e. The zero-order valence-corrected chi connectivity index (χ0v) is 12.4. The molecule has 110 valence electrons. The van der Waals surface area contributed by atoms with Crippen LogP contribution in [0, 0.1) is 19.7 Å². The molecule has 1 unspecified atom stereocenters. The Morgan fingerprint density at radius 3 is 2.33 bits per heavy atom. The van der Waals surface area contributed by atoms with E-state index in [9.17, 15) is 9.18 Å². The first-order chi connectivity index (χ1) is 9.86. The number of carbonyl (C=O) groups excluding carboxylic acids is 1. The summed E-state index contributed by atoms with van der Waals surface area (Å²) >= 11 is 0. The Balaban J connectivity index is 2.25. The number of primary amides is 1. The molecule has 0 heterocycles. The second kappa shape index (κ2) is 5.95. The highest BCUT2D eigenvalue weighted by Crippen LogP contribution is 2.23. The highest BCUT2D eigenvalue weighted by Gasteiger charge is 2.11. The molecule has 0 saturated heterocycles. The molecule has 4 heteroatoms. The zero-order chi connectivity index (χ0) is 15.6. The zero-order valence-electron chi connectivity index (χ0n) is 12.4. The first-order valence-corrected chi connectivity index (χ1v) is 6.81. The second-order valence-corrected chi connectivity index (χ2v) is 5.35. The number of anilines is 1. The Labute approximate surface area is 124 Å². The third-order valence-electron chi connectivity index (χ3n) is 3.36. The number of rotatable bonds is 4. The van der Waals surface area contributed by atoms with Crippen molar-refractivity contribution >= 4 is 11.6 Å². The number of aryl methyl sites for hydroxylation is 2. The average molecular weight is 286 g/mol. The summed E-state index contributed by atoms with van der Waals surface area (Å²) in [7, 11) is 0. The van der Waals surface area contributed by atoms with E-state index in [2.05, 4.69) is 23.5 Å². The van der Waals surface area contributed by atoms with Gasteiger partial charge in [0.25, 0.3) is 5.91 Å². The maximum absolute atomic E-state index is 13.5. The highest BCUT2D eigenvalue weighted by molar-refractivity contribution is 5.94. The van der Waals surface area contributed by atoms with E-state index >= 15 is 0 Å². The molecule has 0 aromatic heterocycles. The molecule has 2 aromatic carbocycles. The van der Waals surface area contributed by atoms with Crippen molar-refractivity contribution in [1.82, 2.24) is 0 Å². The predicted octanol–water partition coefficient (Wildman–Crippen LogP) is 3.71. The number of benzene rings is 2. The van der Waals surface area contributed by atoms with Crippen LogP contribution in [0.2, 0.25) is 0 Å². The van der Waals surface area contributed by atoms with E-state index in [0.29, 0.717) is 5.69 Å². The number of nitrogens with one attached hydrogen (secondary N) is 1. The molecule has 0 spiro atoms. The van der Waals surface area contributed by atoms with Gasteiger partial charge in [0.05, 0.1) is 5.56 Å². The molecular weight excluding hydrogens is 267 g/mol. The molecule has 0 fully saturated rings. The van der Waals surface area contributed by atoms with Crippen LogP contribution in [-0.2, 0) is 0 Å². The number of halogens is 1. The van der Waals surface area contributed by atoms with Gasteiger partial charge in [-0.05, 0) is 44.5 Å². The molecule has 0 bridgehead atoms. The Kier molecular flexibility index (Phi) is 4.26. The number of hydrogen-bond acceptors (Lipinski definition) is 2. The Bertz CT molecular complexity index is 662. The van der Waals surface area contributed by atoms with E-state index in [-0.39, 0.29) is 11.6 Å². The molecule has 2 aromatic rings. The van der Waals surface area contributed by atoms with Crippen LogP contribution in [0.3, 0.4) is 0 Å². The number of hydrogen-bond donors (Lipinski definition) is 2. The van der Waals surface area contributed by atoms with Crippen molar-refractivity contribution < 1.29 is 9.18 Å². The monoisotopic (exact) mass is 286 g/mol. The van der Waals surface area contributed by atoms with Crippen LogP contribution in [0.5, 0.6) is 0 Å². The van der Waals surface area contributed by atoms with Crippen molar-refractivity contribution in [3.05, 3.63) is 64.5 Å². The molecule has 0 radical (unpaired) electrons. The lowest BCUT2D eigenvalue weighted by Gasteiger charge is -2.17. The molecule has 0 aliphatic rings. The van der Waals surface area contributed by atoms with Crippen LogP contribution in [0.4, 0.5) is 10.1 Å². The third-order valence-corrected chi connectivity index (χ3v) is 3.36. The molecule has 1 atom stereocenters. The molecule has 0 saturated carbocycles. The SMILES string of the molecule is Cc1cc(C)cc(C(C)Nc2ccc(F)c(C(N)=O)c2)c1. The van der Waals surface area contributed by atoms with Crippen LogP contribution in [-0.4, -0.2) is 5.91 Å². The summed E-state index contributed by atoms with van der Waals surface area (Å²) in [6.45, 7) is 6.11. The van der Waals surface area contributed by atoms with E-state index in [1.54, 1.807) is 6.07 Å². The van der Waals surface area contributed by atoms with Crippen LogP contribution >= 0.6 is 0 Å². The van der Waals surface area contributed by atoms with Gasteiger partial charge in [-0.25, -0.2) is 4.39 Å². The van der Waals surface area contributed by atoms with Crippen LogP contribution < -0.4 is 11.1 Å². The third kappa shape index (κ3) is 3.60. The standard InChI is InChI=1S/C17H19FN2O/c1-10-6-11(2)8-13(7-10)12(3)20-14-4-5-16(18)15(9-14)17(19)21/h4-9,12,20H,1-3H3,(H2,19,21). The van der Waals surface area contributed by atoms with E-state index in [0.717, 1.165) is 5.56 Å². The van der Waals surface area contributed by atoms with E-state index in [1.165, 1.54) is 23.3 Å². The van der Waals surface area contributed by atoms with Gasteiger partial charge in [0.2, 0.25) is 0 Å². The van der Waals surface area contributed by atoms with Gasteiger partial charge < -0.3 is 11.1 Å². The topological polar surface area (TPSA) is 55.1 Å². The maximum Gasteiger partial charge on any atom is 0.251 e. The van der Waals surface area contributed by atoms with E-state index < -0.39 is 11.7 Å². The summed E-state index contributed by atoms with van der Waals surface area (Å²) in [6, 6.07) is 10.6. The lowest BCUT2D eigenvalue weighted by Crippen LogP contribution is -2.14. The lowest BCUT2D eigenvalue weighted by atomic mass is 10.0. The fraction of sp³-hybridized carbons (Fsp3) is 0.235. The first kappa shape index (κ1) is 15.0. The first-order valence-electron chi connectivity index (χ1n) is 6.81. The quantitative estimate of drug-likeness (QED) is 0.900. The second-order valence-electron chi connectivity index (χ2n) is 5.35. The summed E-state index contributed by atoms with van der Waals surface area (Å²) in [4.78, 5) is 11.2. The number of amides is 1. The summed E-state index contributed by atoms with van der Waals surface area (Å²) < 4.78 is 13.5. The van der Waals surface area contributed by atoms with Gasteiger partial charge in [0, 0.05) is 11.7 Å². The molecule has 3 N–H and O–H groups in total. The minimum atomic E-state index is -0.768. The normalized spacial score (nSPS) is 12.0. The van der Waals surface area contributed by atoms with E-state index in [1.807, 2.05) is 20.8 Å². The minimum absolute atomic E-state index is 0.0368. The van der Waals surface area contributed by atoms with Crippen LogP contribution in [0.1, 0.15) is 40.0 Å². The molecule has 2 rings (SSSR count). The highest BCUT2D eigenvalue weighted by atomic mass is 19.1. The van der Waals surface area contributed by atoms with Crippen molar-refractivity contribution in [2.24, 2.45) is 5.73 Å². The largest absolute Gasteiger partial charge is 0.378 e. The van der Waals surface area contributed by atoms with Crippen molar-refractivity contribution in [1.29, 1.82) is 0 Å². The van der Waals surface area contributed by atoms with Crippen molar-refractivity contribution in [2.45, 2.75) is 26.8 Å². The summed E-state index contributed by atoms with van der Waals surface area (Å²) in [5.74, 6) is -1.37. The molecule has 0 aliphatic heterocycles. The fourth-order valence-electron chi connectivity index (χ4n) is 2.40. The van der Waals surface area contributed by atoms with Gasteiger partial charge in [0.15, 0.2) is 0 Å². The molecule has 0 aliphatic carbocycles. The van der Waals surface area contributed by atoms with Crippen molar-refractivity contribution in [3.63, 3.8) is 0 Å². The van der Waals surface area contributed by atoms with Gasteiger partial charge in [-0.2, -0.15) is 0 Å². The molecular formula is C17H19FN2O. The van der Waals surface area contributed by atoms with Crippen molar-refractivity contribution in [3.8, 4) is 0 Å². The number of nitrogens with two attached hydrogens (primary N) is 1. The Hall–Kier alpha value is -2.36. The Morgan fingerprint density at radius 1 is 1.14 bits per heavy atom. The minimum Gasteiger partial charge on any atom is -0.378 e. The van der Waals surface area contributed by atoms with Gasteiger partial charge in [0.1, 0.15) is 5.82 Å². The molecule has 3 nitrogen and oxygen atoms in total. The summed E-state index contributed by atoms with van der Waals surface area (Å²) in [6.07, 6.45) is 0. The maximum atomic E-state index is 13.5. The average Bonchev–Trinajstić information content (AvgIpc) is 2.39. The summed E-state index contributed by atoms with van der Waals surface area (Å²) in [5.41, 5.74) is 9.24. The number of carbonyl (C=O) groups is 1. The predicted molar refractivity (Wildman–Crippen MR) is 82.9 cm³/mol. The van der Waals surface area contributed by atoms with Gasteiger partial charge >= 0.3 is 0 Å². The fourth-order valence-corrected chi connectivity index (χ4v) is 2.40. The van der Waals surface area contributed by atoms with Crippen LogP contribution in [0.15, 0.2) is 36.4 Å². The molecule has 21 heavy (non-hydrogen) atoms. The summed E-state index contributed by atoms with van der Waals surface area (Å²) in [5, 5.41) is 3.26. The lowest BCUT2D eigenvalue weighted by molar-refractivity contribution is 0.0996. The van der Waals surface area contributed by atoms with Gasteiger partial charge in [-0.15, -0.1) is 0 Å². The van der Waals surface area contributed by atoms with E-state index in [4.69, 9.17) is 5.73 Å². The van der Waals surface area contributed by atoms with Gasteiger partial charge in [-0.3, -0.25) is 4.79 Å². The van der Waals surface area contributed by atoms with Crippen molar-refractivity contribution in [2.75, 3.05) is 5.32 Å². The van der Waals surface area contributed by atoms with Crippen LogP contribution in [0.25, 0.3) is 0 Å². The van der Waals surface area contributed by atoms with Gasteiger partial charge in [-0.1, -0.05) is 29.3 Å². The Morgan fingerprint density at radius 2 is 1.76 bits per heavy atom. The molecule has 1 amide bonds.